The Hall–Kier alpha value is -4.73. The Bertz CT molecular complexity index is 2000. The van der Waals surface area contributed by atoms with Crippen LogP contribution < -0.4 is 20.7 Å². The van der Waals surface area contributed by atoms with E-state index in [1.807, 2.05) is 26.8 Å². The average molecular weight is 484 g/mol. The van der Waals surface area contributed by atoms with Crippen molar-refractivity contribution in [3.63, 3.8) is 0 Å². The quantitative estimate of drug-likeness (QED) is 0.269. The van der Waals surface area contributed by atoms with Crippen molar-refractivity contribution in [2.75, 3.05) is 14.2 Å². The molecule has 36 heavy (non-hydrogen) atoms. The van der Waals surface area contributed by atoms with Crippen LogP contribution in [0.5, 0.6) is 11.5 Å². The highest BCUT2D eigenvalue weighted by Crippen LogP contribution is 2.40. The second kappa shape index (κ2) is 7.64. The molecule has 0 fully saturated rings. The van der Waals surface area contributed by atoms with Gasteiger partial charge in [-0.15, -0.1) is 10.2 Å². The molecule has 4 aromatic heterocycles. The van der Waals surface area contributed by atoms with E-state index in [0.29, 0.717) is 61.4 Å². The minimum atomic E-state index is -0.461. The van der Waals surface area contributed by atoms with Gasteiger partial charge < -0.3 is 18.3 Å². The van der Waals surface area contributed by atoms with Crippen molar-refractivity contribution < 1.29 is 18.3 Å². The first-order chi connectivity index (χ1) is 17.3. The number of ether oxygens (including phenoxy) is 2. The van der Waals surface area contributed by atoms with Crippen molar-refractivity contribution in [3.8, 4) is 17.2 Å². The van der Waals surface area contributed by atoms with Gasteiger partial charge in [0.25, 0.3) is 0 Å². The Labute approximate surface area is 202 Å². The van der Waals surface area contributed by atoms with Crippen LogP contribution >= 0.6 is 0 Å². The number of nitrogens with zero attached hydrogens (tertiary/aromatic N) is 4. The maximum absolute atomic E-state index is 12.2. The Balaban J connectivity index is 1.86. The molecule has 6 aromatic rings. The number of aryl methyl sites for hydroxylation is 3. The predicted octanol–water partition coefficient (Wildman–Crippen LogP) is 4.12. The number of methoxy groups -OCH3 is 2. The third-order valence-corrected chi connectivity index (χ3v) is 6.38. The molecule has 2 aromatic carbocycles. The van der Waals surface area contributed by atoms with Crippen LogP contribution in [0.3, 0.4) is 0 Å². The standard InChI is InChI=1S/C26H20N4O6/c1-11-6-20(31)35-16-9-17(33-4)15(8-14(11)16)30-26-23-22-12(2)7-21(32)36-18(22)10-19(34-5)25(23)28-27-24(26)13(3)29-30/h6-10H,1-5H3. The van der Waals surface area contributed by atoms with Crippen LogP contribution in [0, 0.1) is 20.8 Å². The second-order valence-corrected chi connectivity index (χ2v) is 8.59. The number of aromatic nitrogens is 4. The number of fused-ring (bicyclic) bond motifs is 6. The van der Waals surface area contributed by atoms with Gasteiger partial charge in [0.15, 0.2) is 5.75 Å². The minimum Gasteiger partial charge on any atom is -0.494 e. The molecular formula is C26H20N4O6. The average Bonchev–Trinajstić information content (AvgIpc) is 3.18. The normalized spacial score (nSPS) is 11.7. The van der Waals surface area contributed by atoms with Gasteiger partial charge in [0.2, 0.25) is 0 Å². The van der Waals surface area contributed by atoms with Crippen molar-refractivity contribution >= 4 is 43.9 Å². The third-order valence-electron chi connectivity index (χ3n) is 6.38. The first-order valence-corrected chi connectivity index (χ1v) is 11.1. The number of hydrogen-bond donors (Lipinski definition) is 0. The Morgan fingerprint density at radius 2 is 1.39 bits per heavy atom. The van der Waals surface area contributed by atoms with E-state index in [4.69, 9.17) is 23.4 Å². The molecular weight excluding hydrogens is 464 g/mol. The zero-order valence-electron chi connectivity index (χ0n) is 20.1. The summed E-state index contributed by atoms with van der Waals surface area (Å²) in [4.78, 5) is 24.1. The minimum absolute atomic E-state index is 0.368. The fraction of sp³-hybridized carbons (Fsp3) is 0.192. The highest BCUT2D eigenvalue weighted by Gasteiger charge is 2.23. The van der Waals surface area contributed by atoms with Crippen LogP contribution in [0.1, 0.15) is 16.8 Å². The molecule has 0 bridgehead atoms. The van der Waals surface area contributed by atoms with E-state index in [0.717, 1.165) is 16.5 Å². The molecule has 0 aliphatic heterocycles. The van der Waals surface area contributed by atoms with Crippen molar-refractivity contribution in [3.05, 3.63) is 68.0 Å². The summed E-state index contributed by atoms with van der Waals surface area (Å²) in [5.41, 5.74) is 4.32. The molecule has 0 atom stereocenters. The molecule has 0 unspecified atom stereocenters. The van der Waals surface area contributed by atoms with Crippen molar-refractivity contribution in [1.82, 2.24) is 20.0 Å². The molecule has 0 N–H and O–H groups in total. The summed E-state index contributed by atoms with van der Waals surface area (Å²) in [6.07, 6.45) is 0. The van der Waals surface area contributed by atoms with E-state index in [9.17, 15) is 9.59 Å². The van der Waals surface area contributed by atoms with Crippen molar-refractivity contribution in [1.29, 1.82) is 0 Å². The van der Waals surface area contributed by atoms with Gasteiger partial charge in [-0.3, -0.25) is 0 Å². The van der Waals surface area contributed by atoms with E-state index in [2.05, 4.69) is 10.2 Å². The van der Waals surface area contributed by atoms with Gasteiger partial charge in [-0.05, 0) is 38.0 Å². The summed E-state index contributed by atoms with van der Waals surface area (Å²) in [5, 5.41) is 15.8. The molecule has 0 saturated heterocycles. The molecule has 0 saturated carbocycles. The highest BCUT2D eigenvalue weighted by molar-refractivity contribution is 6.19. The summed E-state index contributed by atoms with van der Waals surface area (Å²) in [6.45, 7) is 5.52. The lowest BCUT2D eigenvalue weighted by Gasteiger charge is -2.14. The second-order valence-electron chi connectivity index (χ2n) is 8.59. The van der Waals surface area contributed by atoms with E-state index >= 15 is 0 Å². The van der Waals surface area contributed by atoms with Gasteiger partial charge in [0, 0.05) is 40.4 Å². The molecule has 0 aliphatic rings. The fourth-order valence-electron chi connectivity index (χ4n) is 4.77. The summed E-state index contributed by atoms with van der Waals surface area (Å²) >= 11 is 0. The Kier molecular flexibility index (Phi) is 4.62. The lowest BCUT2D eigenvalue weighted by Crippen LogP contribution is -2.05. The number of hydrogen-bond acceptors (Lipinski definition) is 9. The maximum Gasteiger partial charge on any atom is 0.336 e. The Morgan fingerprint density at radius 1 is 0.750 bits per heavy atom. The smallest absolute Gasteiger partial charge is 0.336 e. The molecule has 180 valence electrons. The van der Waals surface area contributed by atoms with Crippen LogP contribution in [0.4, 0.5) is 0 Å². The van der Waals surface area contributed by atoms with Crippen molar-refractivity contribution in [2.24, 2.45) is 0 Å². The molecule has 0 radical (unpaired) electrons. The fourth-order valence-corrected chi connectivity index (χ4v) is 4.77. The maximum atomic E-state index is 12.2. The molecule has 10 nitrogen and oxygen atoms in total. The van der Waals surface area contributed by atoms with E-state index in [1.165, 1.54) is 26.4 Å². The van der Waals surface area contributed by atoms with Crippen LogP contribution in [0.15, 0.2) is 48.8 Å². The van der Waals surface area contributed by atoms with E-state index in [1.54, 1.807) is 16.8 Å². The SMILES string of the molecule is COc1cc2oc(=O)cc(C)c2cc1-n1nc(C)c2nnc3c(OC)cc4oc(=O)cc(C)c4c3c21. The van der Waals surface area contributed by atoms with Gasteiger partial charge in [0.05, 0.1) is 19.9 Å². The summed E-state index contributed by atoms with van der Waals surface area (Å²) in [7, 11) is 3.05. The van der Waals surface area contributed by atoms with Crippen LogP contribution in [0.25, 0.3) is 49.6 Å². The summed E-state index contributed by atoms with van der Waals surface area (Å²) < 4.78 is 24.0. The van der Waals surface area contributed by atoms with Crippen molar-refractivity contribution in [2.45, 2.75) is 20.8 Å². The lowest BCUT2D eigenvalue weighted by molar-refractivity contribution is 0.411. The van der Waals surface area contributed by atoms with E-state index in [-0.39, 0.29) is 0 Å². The lowest BCUT2D eigenvalue weighted by atomic mass is 10.0. The van der Waals surface area contributed by atoms with Crippen LogP contribution in [0.2, 0.25) is 0 Å². The number of benzene rings is 2. The van der Waals surface area contributed by atoms with Gasteiger partial charge >= 0.3 is 11.3 Å². The molecule has 0 spiro atoms. The monoisotopic (exact) mass is 484 g/mol. The first kappa shape index (κ1) is 21.8. The zero-order valence-corrected chi connectivity index (χ0v) is 20.1. The Morgan fingerprint density at radius 3 is 2.11 bits per heavy atom. The highest BCUT2D eigenvalue weighted by atomic mass is 16.5. The molecule has 0 amide bonds. The molecule has 10 heteroatoms. The van der Waals surface area contributed by atoms with Gasteiger partial charge in [-0.1, -0.05) is 0 Å². The topological polar surface area (TPSA) is 122 Å². The first-order valence-electron chi connectivity index (χ1n) is 11.1. The molecule has 4 heterocycles. The molecule has 6 rings (SSSR count). The van der Waals surface area contributed by atoms with Gasteiger partial charge in [0.1, 0.15) is 39.2 Å². The summed E-state index contributed by atoms with van der Waals surface area (Å²) in [6, 6.07) is 8.05. The zero-order chi connectivity index (χ0) is 25.3. The van der Waals surface area contributed by atoms with Crippen LogP contribution in [-0.2, 0) is 0 Å². The van der Waals surface area contributed by atoms with E-state index < -0.39 is 11.3 Å². The van der Waals surface area contributed by atoms with Gasteiger partial charge in [-0.2, -0.15) is 5.10 Å². The van der Waals surface area contributed by atoms with Gasteiger partial charge in [-0.25, -0.2) is 14.3 Å². The summed E-state index contributed by atoms with van der Waals surface area (Å²) in [5.74, 6) is 0.857. The number of rotatable bonds is 3. The van der Waals surface area contributed by atoms with Crippen LogP contribution in [-0.4, -0.2) is 34.2 Å². The largest absolute Gasteiger partial charge is 0.494 e. The third kappa shape index (κ3) is 3.00. The predicted molar refractivity (Wildman–Crippen MR) is 134 cm³/mol. The molecule has 0 aliphatic carbocycles.